The summed E-state index contributed by atoms with van der Waals surface area (Å²) in [7, 11) is 0. The van der Waals surface area contributed by atoms with Crippen molar-refractivity contribution in [2.75, 3.05) is 0 Å². The van der Waals surface area contributed by atoms with E-state index >= 15 is 0 Å². The van der Waals surface area contributed by atoms with Crippen molar-refractivity contribution in [3.63, 3.8) is 0 Å². The molecule has 12 heteroatoms. The second-order valence-electron chi connectivity index (χ2n) is 16.6. The molecule has 4 aromatic carbocycles. The maximum absolute atomic E-state index is 11.7. The van der Waals surface area contributed by atoms with Crippen molar-refractivity contribution in [3.8, 4) is 69.0 Å². The molecular weight excluding hydrogens is 769 g/mol. The van der Waals surface area contributed by atoms with E-state index in [0.717, 1.165) is 51.4 Å². The largest absolute Gasteiger partial charge is 0.504 e. The zero-order chi connectivity index (χ0) is 44.0. The smallest absolute Gasteiger partial charge is 0.200 e. The van der Waals surface area contributed by atoms with E-state index in [1.54, 1.807) is 0 Å². The van der Waals surface area contributed by atoms with Gasteiger partial charge in [0.1, 0.15) is 0 Å². The summed E-state index contributed by atoms with van der Waals surface area (Å²) in [5.41, 5.74) is 0.596. The van der Waals surface area contributed by atoms with Gasteiger partial charge in [-0.05, 0) is 49.9 Å². The van der Waals surface area contributed by atoms with Crippen LogP contribution < -0.4 is 0 Å². The van der Waals surface area contributed by atoms with Crippen LogP contribution in [0, 0.1) is 0 Å². The summed E-state index contributed by atoms with van der Waals surface area (Å²) in [5.74, 6) is -12.7. The Hall–Kier alpha value is -5.52. The molecule has 12 nitrogen and oxygen atoms in total. The first-order valence-corrected chi connectivity index (χ1v) is 21.8. The number of rotatable bonds is 16. The van der Waals surface area contributed by atoms with E-state index in [4.69, 9.17) is 0 Å². The van der Waals surface area contributed by atoms with Gasteiger partial charge in [0.25, 0.3) is 0 Å². The SMILES string of the molecule is CCCCCC1c2cc(c(O)c(O)c2O)C(CCCCC)c2cc(c(O)c(O)c2O)C(CCCCC)c2cc(c(O)c(O)c2O)C(CCCCC)c2cc1c(O)c(O)c2O. The van der Waals surface area contributed by atoms with Crippen LogP contribution in [0.4, 0.5) is 0 Å². The topological polar surface area (TPSA) is 243 Å². The molecule has 0 fully saturated rings. The summed E-state index contributed by atoms with van der Waals surface area (Å²) in [5, 5.41) is 139. The Balaban J connectivity index is 2.03. The maximum Gasteiger partial charge on any atom is 0.200 e. The molecule has 0 saturated heterocycles. The Kier molecular flexibility index (Phi) is 15.0. The average Bonchev–Trinajstić information content (AvgIpc) is 3.23. The zero-order valence-corrected chi connectivity index (χ0v) is 35.3. The highest BCUT2D eigenvalue weighted by Gasteiger charge is 2.37. The van der Waals surface area contributed by atoms with Gasteiger partial charge in [-0.3, -0.25) is 0 Å². The average molecular weight is 833 g/mol. The lowest BCUT2D eigenvalue weighted by molar-refractivity contribution is 0.348. The summed E-state index contributed by atoms with van der Waals surface area (Å²) in [6.45, 7) is 8.00. The lowest BCUT2D eigenvalue weighted by Gasteiger charge is -2.30. The minimum Gasteiger partial charge on any atom is -0.504 e. The second-order valence-corrected chi connectivity index (χ2v) is 16.6. The molecule has 0 saturated carbocycles. The molecule has 0 radical (unpaired) electrons. The van der Waals surface area contributed by atoms with Crippen LogP contribution in [0.2, 0.25) is 0 Å². The Morgan fingerprint density at radius 2 is 0.400 bits per heavy atom. The molecule has 328 valence electrons. The molecule has 1 aliphatic rings. The van der Waals surface area contributed by atoms with Gasteiger partial charge < -0.3 is 61.3 Å². The molecule has 60 heavy (non-hydrogen) atoms. The maximum atomic E-state index is 11.7. The van der Waals surface area contributed by atoms with E-state index in [2.05, 4.69) is 0 Å². The van der Waals surface area contributed by atoms with E-state index in [1.807, 2.05) is 27.7 Å². The highest BCUT2D eigenvalue weighted by Crippen LogP contribution is 2.59. The first-order valence-electron chi connectivity index (χ1n) is 21.8. The van der Waals surface area contributed by atoms with Gasteiger partial charge in [0.2, 0.25) is 23.0 Å². The third-order valence-corrected chi connectivity index (χ3v) is 12.6. The standard InChI is InChI=1S/C48H64O12/c1-5-9-13-17-25-29-21-31(39(51)45(57)37(29)49)26(18-14-10-6-2)33-23-35(43(55)47(59)41(33)53)28(20-16-12-8-4)36-24-34(42(54)48(60)44(36)56)27(19-15-11-7-3)32-22-30(25)38(50)46(58)40(32)52/h21-28,49-60H,5-20H2,1-4H3. The van der Waals surface area contributed by atoms with E-state index in [1.165, 1.54) is 24.3 Å². The van der Waals surface area contributed by atoms with Crippen molar-refractivity contribution in [2.45, 2.75) is 154 Å². The van der Waals surface area contributed by atoms with E-state index in [9.17, 15) is 61.3 Å². The normalized spacial score (nSPS) is 17.5. The molecule has 1 aliphatic carbocycles. The van der Waals surface area contributed by atoms with Crippen molar-refractivity contribution in [1.29, 1.82) is 0 Å². The number of benzene rings is 4. The second kappa shape index (κ2) is 19.7. The highest BCUT2D eigenvalue weighted by atomic mass is 16.3. The minimum absolute atomic E-state index is 0.0745. The fourth-order valence-electron chi connectivity index (χ4n) is 9.19. The van der Waals surface area contributed by atoms with Crippen molar-refractivity contribution in [2.24, 2.45) is 0 Å². The molecule has 0 unspecified atom stereocenters. The van der Waals surface area contributed by atoms with Gasteiger partial charge in [-0.15, -0.1) is 0 Å². The van der Waals surface area contributed by atoms with Crippen LogP contribution in [0.5, 0.6) is 69.0 Å². The van der Waals surface area contributed by atoms with Gasteiger partial charge in [-0.1, -0.05) is 105 Å². The van der Waals surface area contributed by atoms with Gasteiger partial charge in [-0.2, -0.15) is 0 Å². The van der Waals surface area contributed by atoms with E-state index in [-0.39, 0.29) is 70.2 Å². The van der Waals surface area contributed by atoms with Crippen LogP contribution in [-0.4, -0.2) is 61.3 Å². The van der Waals surface area contributed by atoms with E-state index in [0.29, 0.717) is 25.7 Å². The van der Waals surface area contributed by atoms with Gasteiger partial charge in [0, 0.05) is 68.2 Å². The van der Waals surface area contributed by atoms with Crippen molar-refractivity contribution >= 4 is 0 Å². The molecule has 0 atom stereocenters. The molecule has 0 aromatic heterocycles. The molecule has 0 aliphatic heterocycles. The summed E-state index contributed by atoms with van der Waals surface area (Å²) in [6.07, 6.45) is 9.40. The Labute approximate surface area is 352 Å². The predicted octanol–water partition coefficient (Wildman–Crippen LogP) is 11.3. The number of aromatic hydroxyl groups is 12. The molecule has 4 aromatic rings. The van der Waals surface area contributed by atoms with Crippen LogP contribution >= 0.6 is 0 Å². The van der Waals surface area contributed by atoms with Crippen LogP contribution in [-0.2, 0) is 0 Å². The minimum atomic E-state index is -0.967. The molecule has 5 rings (SSSR count). The lowest BCUT2D eigenvalue weighted by atomic mass is 9.76. The first-order chi connectivity index (χ1) is 28.7. The third-order valence-electron chi connectivity index (χ3n) is 12.6. The molecule has 0 heterocycles. The van der Waals surface area contributed by atoms with Crippen LogP contribution in [0.1, 0.15) is 199 Å². The number of fused-ring (bicyclic) bond motifs is 8. The van der Waals surface area contributed by atoms with Gasteiger partial charge in [0.15, 0.2) is 46.0 Å². The molecule has 8 bridgehead atoms. The van der Waals surface area contributed by atoms with Gasteiger partial charge in [-0.25, -0.2) is 0 Å². The summed E-state index contributed by atoms with van der Waals surface area (Å²) < 4.78 is 0. The molecule has 12 N–H and O–H groups in total. The molecular formula is C48H64O12. The monoisotopic (exact) mass is 832 g/mol. The fourth-order valence-corrected chi connectivity index (χ4v) is 9.19. The number of hydrogen-bond donors (Lipinski definition) is 12. The lowest BCUT2D eigenvalue weighted by Crippen LogP contribution is -2.12. The number of phenolic OH excluding ortho intramolecular Hbond substituents is 12. The summed E-state index contributed by atoms with van der Waals surface area (Å²) in [6, 6.07) is 5.97. The Bertz CT molecular complexity index is 1730. The molecule has 0 amide bonds. The Morgan fingerprint density at radius 1 is 0.250 bits per heavy atom. The van der Waals surface area contributed by atoms with Gasteiger partial charge in [0.05, 0.1) is 0 Å². The van der Waals surface area contributed by atoms with Crippen LogP contribution in [0.25, 0.3) is 0 Å². The summed E-state index contributed by atoms with van der Waals surface area (Å²) in [4.78, 5) is 0. The van der Waals surface area contributed by atoms with Crippen LogP contribution in [0.3, 0.4) is 0 Å². The van der Waals surface area contributed by atoms with Crippen molar-refractivity contribution in [3.05, 3.63) is 68.8 Å². The predicted molar refractivity (Wildman–Crippen MR) is 230 cm³/mol. The highest BCUT2D eigenvalue weighted by molar-refractivity contribution is 5.70. The fraction of sp³-hybridized carbons (Fsp3) is 0.500. The number of hydrogen-bond acceptors (Lipinski definition) is 12. The number of phenols is 12. The summed E-state index contributed by atoms with van der Waals surface area (Å²) >= 11 is 0. The van der Waals surface area contributed by atoms with Crippen LogP contribution in [0.15, 0.2) is 24.3 Å². The first kappa shape index (κ1) is 45.6. The Morgan fingerprint density at radius 3 is 0.533 bits per heavy atom. The van der Waals surface area contributed by atoms with Gasteiger partial charge >= 0.3 is 0 Å². The molecule has 0 spiro atoms. The van der Waals surface area contributed by atoms with Crippen molar-refractivity contribution in [1.82, 2.24) is 0 Å². The number of unbranched alkanes of at least 4 members (excludes halogenated alkanes) is 8. The van der Waals surface area contributed by atoms with Crippen molar-refractivity contribution < 1.29 is 61.3 Å². The third kappa shape index (κ3) is 8.69. The van der Waals surface area contributed by atoms with E-state index < -0.39 is 92.7 Å². The quantitative estimate of drug-likeness (QED) is 0.0373. The zero-order valence-electron chi connectivity index (χ0n) is 35.3.